The van der Waals surface area contributed by atoms with Crippen molar-refractivity contribution in [3.63, 3.8) is 0 Å². The van der Waals surface area contributed by atoms with Gasteiger partial charge < -0.3 is 15.2 Å². The molecule has 2 aromatic rings. The minimum absolute atomic E-state index is 0.111. The van der Waals surface area contributed by atoms with Crippen molar-refractivity contribution in [3.05, 3.63) is 24.5 Å². The normalized spacial score (nSPS) is 18.7. The molecule has 1 atom stereocenters. The molecular formula is C11H11N3O2. The van der Waals surface area contributed by atoms with E-state index in [-0.39, 0.29) is 6.10 Å². The second-order valence-electron chi connectivity index (χ2n) is 3.60. The van der Waals surface area contributed by atoms with Gasteiger partial charge in [-0.2, -0.15) is 0 Å². The first kappa shape index (κ1) is 9.35. The van der Waals surface area contributed by atoms with Gasteiger partial charge in [0.05, 0.1) is 5.52 Å². The Morgan fingerprint density at radius 3 is 3.06 bits per heavy atom. The fraction of sp³-hybridized carbons (Fsp3) is 0.273. The first-order chi connectivity index (χ1) is 7.88. The van der Waals surface area contributed by atoms with Crippen LogP contribution in [0.15, 0.2) is 24.5 Å². The van der Waals surface area contributed by atoms with Gasteiger partial charge >= 0.3 is 0 Å². The molecule has 1 aliphatic heterocycles. The Kier molecular flexibility index (Phi) is 2.11. The maximum absolute atomic E-state index is 5.74. The van der Waals surface area contributed by atoms with Crippen LogP contribution in [-0.4, -0.2) is 29.2 Å². The summed E-state index contributed by atoms with van der Waals surface area (Å²) < 4.78 is 11.3. The van der Waals surface area contributed by atoms with Gasteiger partial charge in [0.1, 0.15) is 18.2 Å². The zero-order valence-corrected chi connectivity index (χ0v) is 8.59. The monoisotopic (exact) mass is 217 g/mol. The van der Waals surface area contributed by atoms with Crippen LogP contribution in [0.4, 0.5) is 0 Å². The largest absolute Gasteiger partial charge is 0.486 e. The van der Waals surface area contributed by atoms with Crippen LogP contribution < -0.4 is 15.2 Å². The Labute approximate surface area is 92.2 Å². The van der Waals surface area contributed by atoms with E-state index in [0.717, 1.165) is 11.0 Å². The van der Waals surface area contributed by atoms with Gasteiger partial charge in [0.15, 0.2) is 11.5 Å². The minimum Gasteiger partial charge on any atom is -0.486 e. The fourth-order valence-corrected chi connectivity index (χ4v) is 1.72. The molecule has 0 saturated carbocycles. The van der Waals surface area contributed by atoms with E-state index in [4.69, 9.17) is 15.2 Å². The predicted molar refractivity (Wildman–Crippen MR) is 58.5 cm³/mol. The number of hydrogen-bond acceptors (Lipinski definition) is 5. The van der Waals surface area contributed by atoms with Crippen molar-refractivity contribution in [3.8, 4) is 11.5 Å². The van der Waals surface area contributed by atoms with Gasteiger partial charge in [-0.25, -0.2) is 4.98 Å². The average Bonchev–Trinajstić information content (AvgIpc) is 2.38. The molecule has 1 aliphatic rings. The van der Waals surface area contributed by atoms with Crippen LogP contribution in [-0.2, 0) is 0 Å². The van der Waals surface area contributed by atoms with E-state index >= 15 is 0 Å². The third-order valence-corrected chi connectivity index (χ3v) is 2.53. The smallest absolute Gasteiger partial charge is 0.189 e. The third kappa shape index (κ3) is 1.37. The number of hydrogen-bond donors (Lipinski definition) is 1. The van der Waals surface area contributed by atoms with Crippen molar-refractivity contribution in [2.75, 3.05) is 13.2 Å². The van der Waals surface area contributed by atoms with E-state index in [2.05, 4.69) is 9.97 Å². The van der Waals surface area contributed by atoms with E-state index < -0.39 is 0 Å². The van der Waals surface area contributed by atoms with Crippen LogP contribution in [0, 0.1) is 0 Å². The van der Waals surface area contributed by atoms with E-state index in [1.54, 1.807) is 12.4 Å². The van der Waals surface area contributed by atoms with Gasteiger partial charge in [0, 0.05) is 18.9 Å². The number of benzene rings is 1. The molecule has 5 nitrogen and oxygen atoms in total. The van der Waals surface area contributed by atoms with Crippen molar-refractivity contribution < 1.29 is 9.47 Å². The second kappa shape index (κ2) is 3.61. The minimum atomic E-state index is -0.111. The van der Waals surface area contributed by atoms with Gasteiger partial charge in [0.2, 0.25) is 0 Å². The van der Waals surface area contributed by atoms with Crippen LogP contribution >= 0.6 is 0 Å². The Balaban J connectivity index is 2.17. The van der Waals surface area contributed by atoms with Gasteiger partial charge in [-0.1, -0.05) is 0 Å². The molecule has 1 unspecified atom stereocenters. The lowest BCUT2D eigenvalue weighted by atomic mass is 10.2. The molecule has 0 bridgehead atoms. The quantitative estimate of drug-likeness (QED) is 0.762. The van der Waals surface area contributed by atoms with Gasteiger partial charge in [-0.3, -0.25) is 4.98 Å². The van der Waals surface area contributed by atoms with Gasteiger partial charge in [0.25, 0.3) is 0 Å². The highest BCUT2D eigenvalue weighted by atomic mass is 16.6. The molecule has 0 saturated heterocycles. The number of aromatic nitrogens is 2. The number of fused-ring (bicyclic) bond motifs is 3. The maximum Gasteiger partial charge on any atom is 0.189 e. The molecule has 16 heavy (non-hydrogen) atoms. The summed E-state index contributed by atoms with van der Waals surface area (Å²) in [6, 6.07) is 3.71. The zero-order valence-electron chi connectivity index (χ0n) is 8.59. The molecule has 5 heteroatoms. The lowest BCUT2D eigenvalue weighted by Crippen LogP contribution is -2.35. The molecule has 2 heterocycles. The second-order valence-corrected chi connectivity index (χ2v) is 3.60. The van der Waals surface area contributed by atoms with E-state index in [9.17, 15) is 0 Å². The highest BCUT2D eigenvalue weighted by Gasteiger charge is 2.22. The summed E-state index contributed by atoms with van der Waals surface area (Å²) in [4.78, 5) is 8.47. The fourth-order valence-electron chi connectivity index (χ4n) is 1.72. The molecule has 0 radical (unpaired) electrons. The summed E-state index contributed by atoms with van der Waals surface area (Å²) in [5.41, 5.74) is 7.08. The summed E-state index contributed by atoms with van der Waals surface area (Å²) in [6.45, 7) is 0.908. The number of rotatable bonds is 1. The predicted octanol–water partition coefficient (Wildman–Crippen LogP) is 0.728. The molecule has 1 aromatic carbocycles. The van der Waals surface area contributed by atoms with E-state index in [0.29, 0.717) is 24.7 Å². The summed E-state index contributed by atoms with van der Waals surface area (Å²) in [7, 11) is 0. The highest BCUT2D eigenvalue weighted by Crippen LogP contribution is 2.36. The first-order valence-electron chi connectivity index (χ1n) is 5.11. The van der Waals surface area contributed by atoms with Crippen LogP contribution in [0.2, 0.25) is 0 Å². The Hall–Kier alpha value is -1.88. The van der Waals surface area contributed by atoms with Crippen molar-refractivity contribution in [1.82, 2.24) is 9.97 Å². The summed E-state index contributed by atoms with van der Waals surface area (Å²) in [5.74, 6) is 1.35. The molecule has 1 aromatic heterocycles. The van der Waals surface area contributed by atoms with Gasteiger partial charge in [-0.15, -0.1) is 0 Å². The van der Waals surface area contributed by atoms with Crippen LogP contribution in [0.25, 0.3) is 11.0 Å². The number of nitrogens with zero attached hydrogens (tertiary/aromatic N) is 2. The SMILES string of the molecule is NCC1COc2ccc3nccnc3c2O1. The average molecular weight is 217 g/mol. The third-order valence-electron chi connectivity index (χ3n) is 2.53. The molecule has 0 spiro atoms. The van der Waals surface area contributed by atoms with Crippen LogP contribution in [0.1, 0.15) is 0 Å². The first-order valence-corrected chi connectivity index (χ1v) is 5.11. The maximum atomic E-state index is 5.74. The van der Waals surface area contributed by atoms with Crippen molar-refractivity contribution in [2.45, 2.75) is 6.10 Å². The van der Waals surface area contributed by atoms with Crippen molar-refractivity contribution in [2.24, 2.45) is 5.73 Å². The van der Waals surface area contributed by atoms with Crippen LogP contribution in [0.3, 0.4) is 0 Å². The Morgan fingerprint density at radius 2 is 2.19 bits per heavy atom. The highest BCUT2D eigenvalue weighted by molar-refractivity contribution is 5.84. The standard InChI is InChI=1S/C11H11N3O2/c12-5-7-6-15-9-2-1-8-10(11(9)16-7)14-4-3-13-8/h1-4,7H,5-6,12H2. The zero-order chi connectivity index (χ0) is 11.0. The molecule has 0 fully saturated rings. The number of nitrogens with two attached hydrogens (primary N) is 1. The topological polar surface area (TPSA) is 70.3 Å². The van der Waals surface area contributed by atoms with Crippen molar-refractivity contribution >= 4 is 11.0 Å². The molecule has 3 rings (SSSR count). The Bertz CT molecular complexity index is 530. The Morgan fingerprint density at radius 1 is 1.31 bits per heavy atom. The lowest BCUT2D eigenvalue weighted by molar-refractivity contribution is 0.0987. The van der Waals surface area contributed by atoms with Gasteiger partial charge in [-0.05, 0) is 12.1 Å². The summed E-state index contributed by atoms with van der Waals surface area (Å²) >= 11 is 0. The van der Waals surface area contributed by atoms with E-state index in [1.165, 1.54) is 0 Å². The molecule has 0 aliphatic carbocycles. The van der Waals surface area contributed by atoms with Crippen LogP contribution in [0.5, 0.6) is 11.5 Å². The molecule has 82 valence electrons. The number of ether oxygens (including phenoxy) is 2. The molecule has 0 amide bonds. The summed E-state index contributed by atoms with van der Waals surface area (Å²) in [5, 5.41) is 0. The van der Waals surface area contributed by atoms with Crippen molar-refractivity contribution in [1.29, 1.82) is 0 Å². The summed E-state index contributed by atoms with van der Waals surface area (Å²) in [6.07, 6.45) is 3.18. The molecular weight excluding hydrogens is 206 g/mol. The lowest BCUT2D eigenvalue weighted by Gasteiger charge is -2.25. The van der Waals surface area contributed by atoms with E-state index in [1.807, 2.05) is 12.1 Å². The molecule has 2 N–H and O–H groups in total.